The van der Waals surface area contributed by atoms with Crippen LogP contribution in [0.15, 0.2) is 24.3 Å². The Bertz CT molecular complexity index is 462. The molecule has 3 atom stereocenters. The maximum atomic E-state index is 2.50. The normalized spacial score (nSPS) is 37.8. The maximum absolute atomic E-state index is 2.50. The molecule has 2 bridgehead atoms. The highest BCUT2D eigenvalue weighted by Crippen LogP contribution is 2.60. The predicted molar refractivity (Wildman–Crippen MR) is 81.3 cm³/mol. The average molecular weight is 260 g/mol. The van der Waals surface area contributed by atoms with E-state index >= 15 is 0 Å². The number of hydrogen-bond acceptors (Lipinski definition) is 1. The lowest BCUT2D eigenvalue weighted by Gasteiger charge is -2.40. The lowest BCUT2D eigenvalue weighted by atomic mass is 9.65. The molecule has 1 heterocycles. The van der Waals surface area contributed by atoms with Crippen LogP contribution >= 0.6 is 11.8 Å². The van der Waals surface area contributed by atoms with Crippen molar-refractivity contribution in [2.24, 2.45) is 5.92 Å². The van der Waals surface area contributed by atoms with E-state index in [0.717, 1.165) is 11.2 Å². The highest BCUT2D eigenvalue weighted by atomic mass is 32.2. The standard InChI is InChI=1S/C17H24S/c1-12-7-5-6-8-14(12)17(4)10-9-13-11-15(17)18-16(13,2)3/h5-8,13,15H,9-11H2,1-4H3. The summed E-state index contributed by atoms with van der Waals surface area (Å²) in [5.74, 6) is 0.935. The van der Waals surface area contributed by atoms with E-state index in [0.29, 0.717) is 10.2 Å². The third-order valence-corrected chi connectivity index (χ3v) is 7.35. The Kier molecular flexibility index (Phi) is 2.82. The van der Waals surface area contributed by atoms with Gasteiger partial charge in [-0.25, -0.2) is 0 Å². The monoisotopic (exact) mass is 260 g/mol. The van der Waals surface area contributed by atoms with E-state index in [4.69, 9.17) is 0 Å². The van der Waals surface area contributed by atoms with Gasteiger partial charge < -0.3 is 0 Å². The lowest BCUT2D eigenvalue weighted by Crippen LogP contribution is -2.37. The minimum Gasteiger partial charge on any atom is -0.151 e. The van der Waals surface area contributed by atoms with Crippen molar-refractivity contribution in [2.45, 2.75) is 62.4 Å². The van der Waals surface area contributed by atoms with Gasteiger partial charge in [0, 0.05) is 15.4 Å². The van der Waals surface area contributed by atoms with E-state index < -0.39 is 0 Å². The van der Waals surface area contributed by atoms with Crippen molar-refractivity contribution in [3.63, 3.8) is 0 Å². The Balaban J connectivity index is 2.00. The minimum absolute atomic E-state index is 0.389. The van der Waals surface area contributed by atoms with Crippen molar-refractivity contribution in [1.29, 1.82) is 0 Å². The smallest absolute Gasteiger partial charge is 0.0150 e. The summed E-state index contributed by atoms with van der Waals surface area (Å²) in [7, 11) is 0. The van der Waals surface area contributed by atoms with Gasteiger partial charge in [0.05, 0.1) is 0 Å². The molecule has 0 radical (unpaired) electrons. The highest BCUT2D eigenvalue weighted by molar-refractivity contribution is 8.01. The number of fused-ring (bicyclic) bond motifs is 2. The maximum Gasteiger partial charge on any atom is 0.0150 e. The third kappa shape index (κ3) is 1.74. The lowest BCUT2D eigenvalue weighted by molar-refractivity contribution is 0.254. The molecule has 18 heavy (non-hydrogen) atoms. The SMILES string of the molecule is Cc1ccccc1C1(C)CCC2CC1SC2(C)C. The summed E-state index contributed by atoms with van der Waals surface area (Å²) in [6.45, 7) is 9.68. The molecule has 0 amide bonds. The van der Waals surface area contributed by atoms with Crippen LogP contribution in [0.3, 0.4) is 0 Å². The van der Waals surface area contributed by atoms with Crippen LogP contribution in [0.4, 0.5) is 0 Å². The van der Waals surface area contributed by atoms with E-state index in [-0.39, 0.29) is 0 Å². The van der Waals surface area contributed by atoms with Crippen LogP contribution in [-0.4, -0.2) is 10.00 Å². The molecule has 3 rings (SSSR count). The van der Waals surface area contributed by atoms with Gasteiger partial charge in [0.15, 0.2) is 0 Å². The van der Waals surface area contributed by atoms with Crippen molar-refractivity contribution in [3.05, 3.63) is 35.4 Å². The molecule has 1 saturated heterocycles. The Labute approximate surface area is 116 Å². The van der Waals surface area contributed by atoms with Gasteiger partial charge in [-0.05, 0) is 43.2 Å². The molecular formula is C17H24S. The fraction of sp³-hybridized carbons (Fsp3) is 0.647. The minimum atomic E-state index is 0.389. The van der Waals surface area contributed by atoms with E-state index in [9.17, 15) is 0 Å². The molecule has 2 fully saturated rings. The summed E-state index contributed by atoms with van der Waals surface area (Å²) in [6, 6.07) is 9.02. The largest absolute Gasteiger partial charge is 0.151 e. The molecular weight excluding hydrogens is 236 g/mol. The predicted octanol–water partition coefficient (Wildman–Crippen LogP) is 4.95. The zero-order valence-corrected chi connectivity index (χ0v) is 12.8. The molecule has 0 nitrogen and oxygen atoms in total. The molecule has 0 aromatic heterocycles. The van der Waals surface area contributed by atoms with Gasteiger partial charge in [-0.3, -0.25) is 0 Å². The number of hydrogen-bond donors (Lipinski definition) is 0. The van der Waals surface area contributed by atoms with Crippen LogP contribution in [0.25, 0.3) is 0 Å². The number of rotatable bonds is 1. The van der Waals surface area contributed by atoms with Gasteiger partial charge in [0.25, 0.3) is 0 Å². The van der Waals surface area contributed by atoms with Crippen LogP contribution < -0.4 is 0 Å². The van der Waals surface area contributed by atoms with Gasteiger partial charge in [0.2, 0.25) is 0 Å². The summed E-state index contributed by atoms with van der Waals surface area (Å²) < 4.78 is 0.491. The topological polar surface area (TPSA) is 0 Å². The summed E-state index contributed by atoms with van der Waals surface area (Å²) in [6.07, 6.45) is 4.19. The van der Waals surface area contributed by atoms with Gasteiger partial charge in [-0.15, -0.1) is 0 Å². The number of thioether (sulfide) groups is 1. The van der Waals surface area contributed by atoms with Crippen LogP contribution in [-0.2, 0) is 5.41 Å². The molecule has 1 saturated carbocycles. The summed E-state index contributed by atoms with van der Waals surface area (Å²) in [5.41, 5.74) is 3.46. The zero-order chi connectivity index (χ0) is 13.0. The van der Waals surface area contributed by atoms with Crippen LogP contribution in [0.2, 0.25) is 0 Å². The summed E-state index contributed by atoms with van der Waals surface area (Å²) >= 11 is 2.25. The molecule has 1 aliphatic heterocycles. The molecule has 98 valence electrons. The molecule has 2 aliphatic rings. The van der Waals surface area contributed by atoms with E-state index in [1.165, 1.54) is 24.8 Å². The van der Waals surface area contributed by atoms with Crippen LogP contribution in [0.5, 0.6) is 0 Å². The zero-order valence-electron chi connectivity index (χ0n) is 12.0. The molecule has 1 aromatic carbocycles. The fourth-order valence-corrected chi connectivity index (χ4v) is 6.04. The summed E-state index contributed by atoms with van der Waals surface area (Å²) in [4.78, 5) is 0. The molecule has 3 unspecified atom stereocenters. The second kappa shape index (κ2) is 4.03. The van der Waals surface area contributed by atoms with E-state index in [2.05, 4.69) is 63.7 Å². The number of aryl methyl sites for hydroxylation is 1. The first kappa shape index (κ1) is 12.6. The average Bonchev–Trinajstić information content (AvgIpc) is 2.58. The van der Waals surface area contributed by atoms with Gasteiger partial charge in [-0.2, -0.15) is 11.8 Å². The highest BCUT2D eigenvalue weighted by Gasteiger charge is 2.52. The van der Waals surface area contributed by atoms with Crippen molar-refractivity contribution in [1.82, 2.24) is 0 Å². The number of benzene rings is 1. The second-order valence-electron chi connectivity index (χ2n) is 6.91. The molecule has 1 aliphatic carbocycles. The molecule has 1 heteroatoms. The first-order valence-corrected chi connectivity index (χ1v) is 8.05. The van der Waals surface area contributed by atoms with Gasteiger partial charge in [-0.1, -0.05) is 45.0 Å². The second-order valence-corrected chi connectivity index (χ2v) is 8.77. The van der Waals surface area contributed by atoms with Crippen molar-refractivity contribution >= 4 is 11.8 Å². The third-order valence-electron chi connectivity index (χ3n) is 5.41. The first-order valence-electron chi connectivity index (χ1n) is 7.17. The quantitative estimate of drug-likeness (QED) is 0.688. The molecule has 1 aromatic rings. The van der Waals surface area contributed by atoms with E-state index in [1.807, 2.05) is 0 Å². The summed E-state index contributed by atoms with van der Waals surface area (Å²) in [5, 5.41) is 0.812. The van der Waals surface area contributed by atoms with Crippen molar-refractivity contribution < 1.29 is 0 Å². The Morgan fingerprint density at radius 3 is 2.61 bits per heavy atom. The Morgan fingerprint density at radius 2 is 1.89 bits per heavy atom. The fourth-order valence-electron chi connectivity index (χ4n) is 4.07. The molecule has 0 spiro atoms. The van der Waals surface area contributed by atoms with Crippen molar-refractivity contribution in [2.75, 3.05) is 0 Å². The van der Waals surface area contributed by atoms with Crippen molar-refractivity contribution in [3.8, 4) is 0 Å². The first-order chi connectivity index (χ1) is 8.43. The van der Waals surface area contributed by atoms with Gasteiger partial charge >= 0.3 is 0 Å². The Hall–Kier alpha value is -0.430. The Morgan fingerprint density at radius 1 is 1.17 bits per heavy atom. The van der Waals surface area contributed by atoms with E-state index in [1.54, 1.807) is 5.56 Å². The molecule has 0 N–H and O–H groups in total. The van der Waals surface area contributed by atoms with Crippen LogP contribution in [0, 0.1) is 12.8 Å². The van der Waals surface area contributed by atoms with Crippen LogP contribution in [0.1, 0.15) is 51.2 Å². The van der Waals surface area contributed by atoms with Gasteiger partial charge in [0.1, 0.15) is 0 Å².